The summed E-state index contributed by atoms with van der Waals surface area (Å²) < 4.78 is 12.9. The molecule has 0 bridgehead atoms. The van der Waals surface area contributed by atoms with Crippen LogP contribution in [0.1, 0.15) is 5.56 Å². The van der Waals surface area contributed by atoms with Crippen LogP contribution in [0.5, 0.6) is 0 Å². The van der Waals surface area contributed by atoms with Gasteiger partial charge in [0.25, 0.3) is 5.69 Å². The first-order valence-corrected chi connectivity index (χ1v) is 4.29. The van der Waals surface area contributed by atoms with E-state index in [1.54, 1.807) is 25.2 Å². The molecule has 0 N–H and O–H groups in total. The molecule has 5 heteroatoms. The maximum atomic E-state index is 12.9. The summed E-state index contributed by atoms with van der Waals surface area (Å²) in [5.74, 6) is -0.487. The zero-order valence-electron chi connectivity index (χ0n) is 8.48. The Bertz CT molecular complexity index is 402. The highest BCUT2D eigenvalue weighted by Crippen LogP contribution is 2.20. The lowest BCUT2D eigenvalue weighted by Crippen LogP contribution is -2.00. The molecule has 0 radical (unpaired) electrons. The second kappa shape index (κ2) is 4.54. The maximum absolute atomic E-state index is 12.9. The van der Waals surface area contributed by atoms with E-state index in [0.29, 0.717) is 0 Å². The van der Waals surface area contributed by atoms with Crippen LogP contribution in [0.3, 0.4) is 0 Å². The Morgan fingerprint density at radius 2 is 2.13 bits per heavy atom. The van der Waals surface area contributed by atoms with Gasteiger partial charge in [-0.25, -0.2) is 4.39 Å². The van der Waals surface area contributed by atoms with Crippen molar-refractivity contribution in [2.75, 3.05) is 14.1 Å². The first kappa shape index (κ1) is 11.2. The molecule has 1 rings (SSSR count). The molecule has 0 amide bonds. The van der Waals surface area contributed by atoms with Crippen LogP contribution in [0.4, 0.5) is 10.1 Å². The van der Waals surface area contributed by atoms with Crippen LogP contribution in [0.25, 0.3) is 6.08 Å². The molecule has 4 nitrogen and oxygen atoms in total. The molecule has 80 valence electrons. The van der Waals surface area contributed by atoms with Crippen molar-refractivity contribution in [2.24, 2.45) is 0 Å². The van der Waals surface area contributed by atoms with Crippen molar-refractivity contribution in [2.45, 2.75) is 0 Å². The van der Waals surface area contributed by atoms with E-state index in [9.17, 15) is 14.5 Å². The van der Waals surface area contributed by atoms with E-state index in [0.717, 1.165) is 18.2 Å². The number of nitro benzene ring substituents is 1. The molecule has 0 aliphatic rings. The van der Waals surface area contributed by atoms with Crippen LogP contribution in [0.2, 0.25) is 0 Å². The van der Waals surface area contributed by atoms with Gasteiger partial charge in [0, 0.05) is 20.2 Å². The smallest absolute Gasteiger partial charge is 0.276 e. The number of hydrogen-bond donors (Lipinski definition) is 0. The van der Waals surface area contributed by atoms with Crippen molar-refractivity contribution < 1.29 is 9.31 Å². The van der Waals surface area contributed by atoms with Gasteiger partial charge in [-0.2, -0.15) is 0 Å². The summed E-state index contributed by atoms with van der Waals surface area (Å²) in [4.78, 5) is 11.8. The number of nitrogens with zero attached hydrogens (tertiary/aromatic N) is 2. The molecule has 0 aliphatic heterocycles. The van der Waals surface area contributed by atoms with Crippen LogP contribution in [-0.2, 0) is 0 Å². The summed E-state index contributed by atoms with van der Waals surface area (Å²) in [6.07, 6.45) is 3.13. The minimum absolute atomic E-state index is 0.102. The van der Waals surface area contributed by atoms with Gasteiger partial charge in [-0.3, -0.25) is 10.1 Å². The van der Waals surface area contributed by atoms with Crippen LogP contribution < -0.4 is 0 Å². The molecular formula is C10H11FN2O2. The Labute approximate surface area is 86.8 Å². The summed E-state index contributed by atoms with van der Waals surface area (Å²) in [6, 6.07) is 3.37. The molecule has 0 aromatic heterocycles. The van der Waals surface area contributed by atoms with E-state index in [4.69, 9.17) is 0 Å². The Hall–Kier alpha value is -1.91. The van der Waals surface area contributed by atoms with E-state index in [2.05, 4.69) is 0 Å². The fraction of sp³-hybridized carbons (Fsp3) is 0.200. The lowest BCUT2D eigenvalue weighted by Gasteiger charge is -2.03. The maximum Gasteiger partial charge on any atom is 0.276 e. The van der Waals surface area contributed by atoms with Gasteiger partial charge in [0.05, 0.1) is 10.5 Å². The predicted octanol–water partition coefficient (Wildman–Crippen LogP) is 2.27. The third-order valence-electron chi connectivity index (χ3n) is 1.74. The second-order valence-corrected chi connectivity index (χ2v) is 3.24. The fourth-order valence-electron chi connectivity index (χ4n) is 1.05. The van der Waals surface area contributed by atoms with Crippen LogP contribution in [-0.4, -0.2) is 23.9 Å². The Morgan fingerprint density at radius 1 is 1.47 bits per heavy atom. The lowest BCUT2D eigenvalue weighted by molar-refractivity contribution is -0.385. The quantitative estimate of drug-likeness (QED) is 0.568. The highest BCUT2D eigenvalue weighted by atomic mass is 19.1. The molecule has 0 spiro atoms. The molecule has 0 aliphatic carbocycles. The molecule has 0 atom stereocenters. The van der Waals surface area contributed by atoms with Crippen molar-refractivity contribution in [3.8, 4) is 0 Å². The molecule has 0 saturated carbocycles. The first-order valence-electron chi connectivity index (χ1n) is 4.29. The Kier molecular flexibility index (Phi) is 3.38. The third-order valence-corrected chi connectivity index (χ3v) is 1.74. The molecular weight excluding hydrogens is 199 g/mol. The molecule has 1 aromatic carbocycles. The van der Waals surface area contributed by atoms with Gasteiger partial charge in [-0.1, -0.05) is 0 Å². The summed E-state index contributed by atoms with van der Waals surface area (Å²) in [7, 11) is 3.56. The lowest BCUT2D eigenvalue weighted by atomic mass is 10.1. The molecule has 0 fully saturated rings. The van der Waals surface area contributed by atoms with Crippen LogP contribution in [0, 0.1) is 15.9 Å². The van der Waals surface area contributed by atoms with Crippen molar-refractivity contribution in [3.63, 3.8) is 0 Å². The molecule has 0 unspecified atom stereocenters. The molecule has 1 aromatic rings. The average molecular weight is 210 g/mol. The van der Waals surface area contributed by atoms with Crippen LogP contribution >= 0.6 is 0 Å². The van der Waals surface area contributed by atoms with Gasteiger partial charge in [-0.05, 0) is 24.4 Å². The van der Waals surface area contributed by atoms with E-state index < -0.39 is 10.7 Å². The van der Waals surface area contributed by atoms with E-state index >= 15 is 0 Å². The number of nitro groups is 1. The van der Waals surface area contributed by atoms with Gasteiger partial charge in [0.1, 0.15) is 5.82 Å². The zero-order chi connectivity index (χ0) is 11.4. The first-order chi connectivity index (χ1) is 7.00. The normalized spacial score (nSPS) is 10.6. The average Bonchev–Trinajstić information content (AvgIpc) is 2.14. The summed E-state index contributed by atoms with van der Waals surface area (Å²) in [5, 5.41) is 10.6. The highest BCUT2D eigenvalue weighted by Gasteiger charge is 2.11. The Morgan fingerprint density at radius 3 is 2.67 bits per heavy atom. The van der Waals surface area contributed by atoms with Gasteiger partial charge in [-0.15, -0.1) is 0 Å². The monoisotopic (exact) mass is 210 g/mol. The number of halogens is 1. The van der Waals surface area contributed by atoms with Crippen molar-refractivity contribution in [1.82, 2.24) is 4.90 Å². The number of hydrogen-bond acceptors (Lipinski definition) is 3. The van der Waals surface area contributed by atoms with Gasteiger partial charge >= 0.3 is 0 Å². The number of benzene rings is 1. The van der Waals surface area contributed by atoms with E-state index in [1.165, 1.54) is 6.08 Å². The van der Waals surface area contributed by atoms with Crippen molar-refractivity contribution in [1.29, 1.82) is 0 Å². The standard InChI is InChI=1S/C10H11FN2O2/c1-12(2)6-5-8-7-9(11)3-4-10(8)13(14)15/h3-7H,1-2H3/b6-5+. The third kappa shape index (κ3) is 3.05. The van der Waals surface area contributed by atoms with Gasteiger partial charge in [0.15, 0.2) is 0 Å². The predicted molar refractivity (Wildman–Crippen MR) is 55.8 cm³/mol. The SMILES string of the molecule is CN(C)/C=C/c1cc(F)ccc1[N+](=O)[O-]. The zero-order valence-corrected chi connectivity index (χ0v) is 8.48. The van der Waals surface area contributed by atoms with Crippen molar-refractivity contribution >= 4 is 11.8 Å². The fourth-order valence-corrected chi connectivity index (χ4v) is 1.05. The Balaban J connectivity index is 3.13. The minimum Gasteiger partial charge on any atom is -0.383 e. The van der Waals surface area contributed by atoms with Crippen LogP contribution in [0.15, 0.2) is 24.4 Å². The topological polar surface area (TPSA) is 46.4 Å². The molecule has 0 heterocycles. The van der Waals surface area contributed by atoms with Gasteiger partial charge in [0.2, 0.25) is 0 Å². The second-order valence-electron chi connectivity index (χ2n) is 3.24. The van der Waals surface area contributed by atoms with E-state index in [-0.39, 0.29) is 11.3 Å². The summed E-state index contributed by atoms with van der Waals surface area (Å²) >= 11 is 0. The summed E-state index contributed by atoms with van der Waals surface area (Å²) in [5.41, 5.74) is 0.156. The highest BCUT2D eigenvalue weighted by molar-refractivity contribution is 5.60. The van der Waals surface area contributed by atoms with Gasteiger partial charge < -0.3 is 4.90 Å². The van der Waals surface area contributed by atoms with Crippen molar-refractivity contribution in [3.05, 3.63) is 45.9 Å². The van der Waals surface area contributed by atoms with E-state index in [1.807, 2.05) is 0 Å². The summed E-state index contributed by atoms with van der Waals surface area (Å²) in [6.45, 7) is 0. The largest absolute Gasteiger partial charge is 0.383 e. The minimum atomic E-state index is -0.533. The number of rotatable bonds is 3. The molecule has 15 heavy (non-hydrogen) atoms. The molecule has 0 saturated heterocycles.